The minimum Gasteiger partial charge on any atom is -0.494 e. The van der Waals surface area contributed by atoms with Gasteiger partial charge in [0.25, 0.3) is 0 Å². The van der Waals surface area contributed by atoms with E-state index in [1.54, 1.807) is 6.41 Å². The number of anilines is 1. The molecule has 0 aliphatic rings. The number of ether oxygens (including phenoxy) is 1. The smallest absolute Gasteiger partial charge is 0.494 e. The number of unbranched alkanes of at least 4 members (excludes halogenated alkanes) is 2. The Bertz CT molecular complexity index is 650. The van der Waals surface area contributed by atoms with Gasteiger partial charge in [0.05, 0.1) is 13.0 Å². The molecule has 4 nitrogen and oxygen atoms in total. The Morgan fingerprint density at radius 1 is 1.03 bits per heavy atom. The third kappa shape index (κ3) is 14.2. The van der Waals surface area contributed by atoms with Crippen molar-refractivity contribution in [3.05, 3.63) is 73.0 Å². The van der Waals surface area contributed by atoms with Gasteiger partial charge in [0, 0.05) is 5.02 Å². The standard InChI is InChI=1S/C18H19ClNO2.C5H11N.Li/c19-16-6-4-7-18(13-16)22-12-3-1-2-5-15-8-10-17(11-9-15)20-14-21;1-3-5-6-4-2;/h4,6-11,13H,1-3,5,12H2,(H,20,21);6H,1-5H2;/q-1;-2;+1. The predicted molar refractivity (Wildman–Crippen MR) is 118 cm³/mol. The van der Waals surface area contributed by atoms with E-state index in [0.29, 0.717) is 11.6 Å². The Morgan fingerprint density at radius 3 is 2.38 bits per heavy atom. The molecule has 2 aromatic carbocycles. The van der Waals surface area contributed by atoms with Gasteiger partial charge in [-0.3, -0.25) is 0 Å². The van der Waals surface area contributed by atoms with Crippen LogP contribution in [0.5, 0.6) is 5.75 Å². The molecule has 2 aromatic rings. The molecule has 154 valence electrons. The molecule has 0 bridgehead atoms. The van der Waals surface area contributed by atoms with Crippen LogP contribution in [-0.4, -0.2) is 26.1 Å². The first kappa shape index (κ1) is 27.6. The van der Waals surface area contributed by atoms with Gasteiger partial charge < -0.3 is 34.0 Å². The number of hydrogen-bond donors (Lipinski definition) is 2. The number of hydrogen-bond acceptors (Lipinski definition) is 3. The second-order valence-electron chi connectivity index (χ2n) is 6.14. The minimum atomic E-state index is 0. The van der Waals surface area contributed by atoms with Crippen molar-refractivity contribution in [3.8, 4) is 5.75 Å². The quantitative estimate of drug-likeness (QED) is 0.245. The number of carbonyl (C=O) groups excluding carboxylic acids is 1. The van der Waals surface area contributed by atoms with E-state index >= 15 is 0 Å². The Hall–Kier alpha value is -1.44. The third-order valence-electron chi connectivity index (χ3n) is 3.85. The van der Waals surface area contributed by atoms with Gasteiger partial charge in [-0.2, -0.15) is 6.42 Å². The number of halogens is 1. The molecule has 1 amide bonds. The van der Waals surface area contributed by atoms with E-state index in [9.17, 15) is 4.79 Å². The third-order valence-corrected chi connectivity index (χ3v) is 4.09. The summed E-state index contributed by atoms with van der Waals surface area (Å²) in [7, 11) is 0. The summed E-state index contributed by atoms with van der Waals surface area (Å²) in [5.74, 6) is 0.822. The zero-order chi connectivity index (χ0) is 20.5. The molecule has 6 heteroatoms. The maximum atomic E-state index is 10.2. The van der Waals surface area contributed by atoms with E-state index in [4.69, 9.17) is 16.3 Å². The van der Waals surface area contributed by atoms with Gasteiger partial charge >= 0.3 is 18.9 Å². The van der Waals surface area contributed by atoms with Crippen molar-refractivity contribution < 1.29 is 28.4 Å². The van der Waals surface area contributed by atoms with Gasteiger partial charge in [0.15, 0.2) is 0 Å². The number of benzene rings is 2. The monoisotopic (exact) mass is 408 g/mol. The maximum absolute atomic E-state index is 10.2. The Morgan fingerprint density at radius 2 is 1.79 bits per heavy atom. The van der Waals surface area contributed by atoms with Crippen LogP contribution in [0.3, 0.4) is 0 Å². The summed E-state index contributed by atoms with van der Waals surface area (Å²) in [4.78, 5) is 10.2. The fraction of sp³-hybridized carbons (Fsp3) is 0.348. The average molecular weight is 409 g/mol. The SMILES string of the molecule is O=[C-]Nc1ccc(CCCCCOc2cccc(Cl)c2)cc1.[CH2-]CCNC[CH2-].[Li+]. The minimum absolute atomic E-state index is 0. The van der Waals surface area contributed by atoms with Crippen LogP contribution < -0.4 is 34.2 Å². The Labute approximate surface area is 192 Å². The van der Waals surface area contributed by atoms with Crippen molar-refractivity contribution in [1.29, 1.82) is 0 Å². The molecule has 0 aromatic heterocycles. The van der Waals surface area contributed by atoms with E-state index in [0.717, 1.165) is 56.6 Å². The van der Waals surface area contributed by atoms with Gasteiger partial charge in [-0.25, -0.2) is 0 Å². The molecule has 0 aliphatic heterocycles. The molecule has 0 heterocycles. The van der Waals surface area contributed by atoms with Crippen molar-refractivity contribution >= 4 is 23.7 Å². The number of rotatable bonds is 12. The normalized spacial score (nSPS) is 9.62. The van der Waals surface area contributed by atoms with Crippen LogP contribution in [0.15, 0.2) is 48.5 Å². The van der Waals surface area contributed by atoms with Crippen LogP contribution in [0, 0.1) is 13.8 Å². The summed E-state index contributed by atoms with van der Waals surface area (Å²) in [6.07, 6.45) is 6.90. The molecule has 2 N–H and O–H groups in total. The first-order valence-electron chi connectivity index (χ1n) is 9.59. The first-order chi connectivity index (χ1) is 13.7. The molecule has 0 aliphatic carbocycles. The molecular weight excluding hydrogens is 379 g/mol. The van der Waals surface area contributed by atoms with Crippen molar-refractivity contribution in [2.45, 2.75) is 32.1 Å². The molecule has 0 saturated heterocycles. The zero-order valence-electron chi connectivity index (χ0n) is 17.4. The van der Waals surface area contributed by atoms with Crippen LogP contribution in [0.4, 0.5) is 5.69 Å². The molecule has 2 rings (SSSR count). The molecular formula is C23H30ClLiN2O2-2. The van der Waals surface area contributed by atoms with E-state index in [1.807, 2.05) is 48.5 Å². The van der Waals surface area contributed by atoms with Crippen LogP contribution in [0.1, 0.15) is 31.2 Å². The average Bonchev–Trinajstić information content (AvgIpc) is 2.71. The largest absolute Gasteiger partial charge is 1.00 e. The summed E-state index contributed by atoms with van der Waals surface area (Å²) >= 11 is 5.90. The van der Waals surface area contributed by atoms with Gasteiger partial charge in [0.2, 0.25) is 0 Å². The van der Waals surface area contributed by atoms with Crippen molar-refractivity contribution in [3.63, 3.8) is 0 Å². The summed E-state index contributed by atoms with van der Waals surface area (Å²) in [6.45, 7) is 9.73. The summed E-state index contributed by atoms with van der Waals surface area (Å²) in [5, 5.41) is 6.23. The fourth-order valence-corrected chi connectivity index (χ4v) is 2.60. The molecule has 0 unspecified atom stereocenters. The van der Waals surface area contributed by atoms with E-state index in [1.165, 1.54) is 5.56 Å². The van der Waals surface area contributed by atoms with E-state index in [-0.39, 0.29) is 18.9 Å². The topological polar surface area (TPSA) is 50.4 Å². The van der Waals surface area contributed by atoms with Gasteiger partial charge in [-0.1, -0.05) is 35.4 Å². The second kappa shape index (κ2) is 18.6. The molecule has 0 fully saturated rings. The molecule has 0 spiro atoms. The zero-order valence-corrected chi connectivity index (χ0v) is 18.1. The van der Waals surface area contributed by atoms with E-state index < -0.39 is 0 Å². The summed E-state index contributed by atoms with van der Waals surface area (Å²) < 4.78 is 5.65. The van der Waals surface area contributed by atoms with Gasteiger partial charge in [-0.05, 0) is 50.4 Å². The van der Waals surface area contributed by atoms with Crippen LogP contribution in [0.2, 0.25) is 5.02 Å². The van der Waals surface area contributed by atoms with Crippen LogP contribution in [0.25, 0.3) is 0 Å². The number of amides is 1. The van der Waals surface area contributed by atoms with E-state index in [2.05, 4.69) is 24.5 Å². The molecule has 29 heavy (non-hydrogen) atoms. The summed E-state index contributed by atoms with van der Waals surface area (Å²) in [5.41, 5.74) is 2.04. The van der Waals surface area contributed by atoms with Crippen LogP contribution >= 0.6 is 11.6 Å². The van der Waals surface area contributed by atoms with Crippen molar-refractivity contribution in [2.24, 2.45) is 0 Å². The maximum Gasteiger partial charge on any atom is 1.00 e. The second-order valence-corrected chi connectivity index (χ2v) is 6.58. The first-order valence-corrected chi connectivity index (χ1v) is 9.97. The molecule has 0 saturated carbocycles. The van der Waals surface area contributed by atoms with Crippen molar-refractivity contribution in [2.75, 3.05) is 25.0 Å². The van der Waals surface area contributed by atoms with Crippen LogP contribution in [-0.2, 0) is 11.2 Å². The molecule has 0 radical (unpaired) electrons. The van der Waals surface area contributed by atoms with Gasteiger partial charge in [-0.15, -0.1) is 24.4 Å². The molecule has 0 atom stereocenters. The fourth-order valence-electron chi connectivity index (χ4n) is 2.42. The predicted octanol–water partition coefficient (Wildman–Crippen LogP) is 2.25. The van der Waals surface area contributed by atoms with Crippen molar-refractivity contribution in [1.82, 2.24) is 5.32 Å². The number of aryl methyl sites for hydroxylation is 1. The summed E-state index contributed by atoms with van der Waals surface area (Å²) in [6, 6.07) is 15.3. The Kier molecular flexibility index (Phi) is 17.7. The Balaban J connectivity index is 0.000000981. The number of nitrogens with one attached hydrogen (secondary N) is 2. The van der Waals surface area contributed by atoms with Gasteiger partial charge in [0.1, 0.15) is 5.75 Å².